The highest BCUT2D eigenvalue weighted by atomic mass is 16.5. The molecule has 4 rings (SSSR count). The zero-order valence-corrected chi connectivity index (χ0v) is 14.5. The Bertz CT molecular complexity index is 927. The van der Waals surface area contributed by atoms with Crippen LogP contribution in [-0.4, -0.2) is 28.0 Å². The van der Waals surface area contributed by atoms with Crippen LogP contribution in [0.3, 0.4) is 0 Å². The van der Waals surface area contributed by atoms with E-state index in [0.717, 1.165) is 39.4 Å². The summed E-state index contributed by atoms with van der Waals surface area (Å²) in [4.78, 5) is 18.7. The summed E-state index contributed by atoms with van der Waals surface area (Å²) in [7, 11) is 1.84. The number of benzene rings is 1. The average molecular weight is 333 g/mol. The summed E-state index contributed by atoms with van der Waals surface area (Å²) in [6.45, 7) is 3.86. The van der Waals surface area contributed by atoms with Crippen molar-refractivity contribution < 1.29 is 9.32 Å². The lowest BCUT2D eigenvalue weighted by Crippen LogP contribution is -2.38. The van der Waals surface area contributed by atoms with E-state index in [1.165, 1.54) is 0 Å². The van der Waals surface area contributed by atoms with Crippen LogP contribution in [0.2, 0.25) is 0 Å². The number of carbonyl (C=O) groups is 1. The summed E-state index contributed by atoms with van der Waals surface area (Å²) in [5, 5.41) is 4.06. The van der Waals surface area contributed by atoms with Crippen molar-refractivity contribution in [3.8, 4) is 11.1 Å². The van der Waals surface area contributed by atoms with Gasteiger partial charge in [0.25, 0.3) is 0 Å². The highest BCUT2D eigenvalue weighted by Crippen LogP contribution is 2.37. The van der Waals surface area contributed by atoms with E-state index in [1.54, 1.807) is 11.1 Å². The maximum Gasteiger partial charge on any atom is 0.227 e. The van der Waals surface area contributed by atoms with Crippen molar-refractivity contribution in [1.82, 2.24) is 15.0 Å². The molecule has 0 spiro atoms. The molecule has 0 saturated carbocycles. The molecule has 0 radical (unpaired) electrons. The minimum Gasteiger partial charge on any atom is -0.361 e. The van der Waals surface area contributed by atoms with Crippen molar-refractivity contribution in [2.45, 2.75) is 26.3 Å². The van der Waals surface area contributed by atoms with Crippen molar-refractivity contribution >= 4 is 5.91 Å². The number of hydrogen-bond acceptors (Lipinski definition) is 4. The number of fused-ring (bicyclic) bond motifs is 1. The summed E-state index contributed by atoms with van der Waals surface area (Å²) < 4.78 is 5.32. The van der Waals surface area contributed by atoms with E-state index in [4.69, 9.17) is 4.52 Å². The van der Waals surface area contributed by atoms with Crippen LogP contribution in [0, 0.1) is 13.8 Å². The first-order valence-corrected chi connectivity index (χ1v) is 8.29. The van der Waals surface area contributed by atoms with Crippen LogP contribution in [0.25, 0.3) is 11.1 Å². The average Bonchev–Trinajstić information content (AvgIpc) is 2.95. The zero-order chi connectivity index (χ0) is 17.6. The van der Waals surface area contributed by atoms with E-state index in [1.807, 2.05) is 51.2 Å². The van der Waals surface area contributed by atoms with Gasteiger partial charge in [-0.05, 0) is 48.7 Å². The van der Waals surface area contributed by atoms with Gasteiger partial charge in [0, 0.05) is 18.8 Å². The van der Waals surface area contributed by atoms with E-state index in [2.05, 4.69) is 16.2 Å². The van der Waals surface area contributed by atoms with Gasteiger partial charge in [0.15, 0.2) is 0 Å². The van der Waals surface area contributed by atoms with Crippen LogP contribution in [-0.2, 0) is 11.2 Å². The minimum absolute atomic E-state index is 0.105. The molecule has 1 atom stereocenters. The third-order valence-corrected chi connectivity index (χ3v) is 4.85. The first-order chi connectivity index (χ1) is 12.1. The lowest BCUT2D eigenvalue weighted by atomic mass is 9.87. The van der Waals surface area contributed by atoms with E-state index >= 15 is 0 Å². The van der Waals surface area contributed by atoms with E-state index in [0.29, 0.717) is 6.42 Å². The first-order valence-electron chi connectivity index (χ1n) is 8.29. The lowest BCUT2D eigenvalue weighted by molar-refractivity contribution is -0.131. The number of hydrogen-bond donors (Lipinski definition) is 0. The van der Waals surface area contributed by atoms with Gasteiger partial charge >= 0.3 is 0 Å². The number of aryl methyl sites for hydroxylation is 2. The Kier molecular flexibility index (Phi) is 3.64. The Morgan fingerprint density at radius 3 is 2.72 bits per heavy atom. The third kappa shape index (κ3) is 2.52. The standard InChI is InChI=1S/C20H19N3O2/c1-12-19(13(2)25-22-12)15-8-7-14-11-18(24)23(3)20(16(14)10-15)17-6-4-5-9-21-17/h4-10,20H,11H2,1-3H3/t20-/m1/s1. The predicted octanol–water partition coefficient (Wildman–Crippen LogP) is 3.46. The van der Waals surface area contributed by atoms with Crippen LogP contribution >= 0.6 is 0 Å². The largest absolute Gasteiger partial charge is 0.361 e. The molecule has 0 aliphatic carbocycles. The molecule has 1 aliphatic rings. The summed E-state index contributed by atoms with van der Waals surface area (Å²) in [5.74, 6) is 0.903. The molecular formula is C20H19N3O2. The fraction of sp³-hybridized carbons (Fsp3) is 0.250. The fourth-order valence-corrected chi connectivity index (χ4v) is 3.60. The lowest BCUT2D eigenvalue weighted by Gasteiger charge is -2.34. The second-order valence-corrected chi connectivity index (χ2v) is 6.45. The Balaban J connectivity index is 1.90. The van der Waals surface area contributed by atoms with Crippen molar-refractivity contribution in [3.05, 3.63) is 70.9 Å². The zero-order valence-electron chi connectivity index (χ0n) is 14.5. The van der Waals surface area contributed by atoms with Crippen LogP contribution in [0.5, 0.6) is 0 Å². The van der Waals surface area contributed by atoms with Gasteiger partial charge in [-0.1, -0.05) is 23.4 Å². The Morgan fingerprint density at radius 2 is 2.04 bits per heavy atom. The van der Waals surface area contributed by atoms with Crippen molar-refractivity contribution in [2.75, 3.05) is 7.05 Å². The number of carbonyl (C=O) groups excluding carboxylic acids is 1. The van der Waals surface area contributed by atoms with Crippen LogP contribution in [0.4, 0.5) is 0 Å². The van der Waals surface area contributed by atoms with Gasteiger partial charge in [-0.2, -0.15) is 0 Å². The molecule has 0 unspecified atom stereocenters. The maximum atomic E-state index is 12.4. The van der Waals surface area contributed by atoms with Crippen LogP contribution < -0.4 is 0 Å². The Labute approximate surface area is 146 Å². The van der Waals surface area contributed by atoms with Crippen molar-refractivity contribution in [2.24, 2.45) is 0 Å². The van der Waals surface area contributed by atoms with Gasteiger partial charge in [0.2, 0.25) is 5.91 Å². The summed E-state index contributed by atoms with van der Waals surface area (Å²) in [6.07, 6.45) is 2.18. The molecule has 25 heavy (non-hydrogen) atoms. The van der Waals surface area contributed by atoms with Gasteiger partial charge in [-0.3, -0.25) is 9.78 Å². The summed E-state index contributed by atoms with van der Waals surface area (Å²) in [6, 6.07) is 11.8. The second-order valence-electron chi connectivity index (χ2n) is 6.45. The molecule has 0 fully saturated rings. The van der Waals surface area contributed by atoms with Crippen LogP contribution in [0.15, 0.2) is 47.1 Å². The van der Waals surface area contributed by atoms with Crippen molar-refractivity contribution in [3.63, 3.8) is 0 Å². The van der Waals surface area contributed by atoms with Gasteiger partial charge in [-0.25, -0.2) is 0 Å². The van der Waals surface area contributed by atoms with E-state index < -0.39 is 0 Å². The molecule has 5 nitrogen and oxygen atoms in total. The quantitative estimate of drug-likeness (QED) is 0.720. The van der Waals surface area contributed by atoms with Gasteiger partial charge < -0.3 is 9.42 Å². The molecule has 1 amide bonds. The molecule has 0 bridgehead atoms. The number of rotatable bonds is 2. The Morgan fingerprint density at radius 1 is 1.20 bits per heavy atom. The SMILES string of the molecule is Cc1noc(C)c1-c1ccc2c(c1)[C@H](c1ccccn1)N(C)C(=O)C2. The highest BCUT2D eigenvalue weighted by molar-refractivity contribution is 5.83. The number of likely N-dealkylation sites (N-methyl/N-ethyl adjacent to an activating group) is 1. The molecule has 0 saturated heterocycles. The van der Waals surface area contributed by atoms with Crippen LogP contribution in [0.1, 0.15) is 34.3 Å². The molecule has 126 valence electrons. The smallest absolute Gasteiger partial charge is 0.227 e. The fourth-order valence-electron chi connectivity index (χ4n) is 3.60. The monoisotopic (exact) mass is 333 g/mol. The number of pyridine rings is 1. The molecule has 0 N–H and O–H groups in total. The van der Waals surface area contributed by atoms with Gasteiger partial charge in [0.05, 0.1) is 23.9 Å². The summed E-state index contributed by atoms with van der Waals surface area (Å²) in [5.41, 5.74) is 5.97. The molecule has 2 aromatic heterocycles. The molecule has 1 aromatic carbocycles. The molecule has 3 heterocycles. The first kappa shape index (κ1) is 15.6. The normalized spacial score (nSPS) is 16.8. The summed E-state index contributed by atoms with van der Waals surface area (Å²) >= 11 is 0. The molecule has 5 heteroatoms. The molecular weight excluding hydrogens is 314 g/mol. The maximum absolute atomic E-state index is 12.4. The topological polar surface area (TPSA) is 59.2 Å². The third-order valence-electron chi connectivity index (χ3n) is 4.85. The molecule has 3 aromatic rings. The van der Waals surface area contributed by atoms with E-state index in [9.17, 15) is 4.79 Å². The van der Waals surface area contributed by atoms with Crippen molar-refractivity contribution in [1.29, 1.82) is 0 Å². The highest BCUT2D eigenvalue weighted by Gasteiger charge is 2.32. The van der Waals surface area contributed by atoms with E-state index in [-0.39, 0.29) is 11.9 Å². The second kappa shape index (κ2) is 5.84. The number of nitrogens with zero attached hydrogens (tertiary/aromatic N) is 3. The Hall–Kier alpha value is -2.95. The number of amides is 1. The minimum atomic E-state index is -0.183. The predicted molar refractivity (Wildman–Crippen MR) is 94.0 cm³/mol. The van der Waals surface area contributed by atoms with Gasteiger partial charge in [0.1, 0.15) is 5.76 Å². The number of aromatic nitrogens is 2. The van der Waals surface area contributed by atoms with Gasteiger partial charge in [-0.15, -0.1) is 0 Å². The molecule has 1 aliphatic heterocycles.